The molecule has 0 radical (unpaired) electrons. The minimum Gasteiger partial charge on any atom is -0.389 e. The molecular weight excluding hydrogens is 289 g/mol. The van der Waals surface area contributed by atoms with Crippen molar-refractivity contribution >= 4 is 15.9 Å². The summed E-state index contributed by atoms with van der Waals surface area (Å²) in [6.45, 7) is 1.31. The number of ether oxygens (including phenoxy) is 1. The summed E-state index contributed by atoms with van der Waals surface area (Å²) in [5.74, 6) is -0.243. The summed E-state index contributed by atoms with van der Waals surface area (Å²) in [4.78, 5) is 1.92. The van der Waals surface area contributed by atoms with Crippen molar-refractivity contribution in [2.45, 2.75) is 18.7 Å². The number of hydrogen-bond acceptors (Lipinski definition) is 3. The van der Waals surface area contributed by atoms with Crippen LogP contribution in [0.4, 0.5) is 4.39 Å². The van der Waals surface area contributed by atoms with E-state index in [1.165, 1.54) is 0 Å². The van der Waals surface area contributed by atoms with Gasteiger partial charge in [0.2, 0.25) is 0 Å². The lowest BCUT2D eigenvalue weighted by molar-refractivity contribution is 0.0920. The van der Waals surface area contributed by atoms with Crippen LogP contribution in [0.25, 0.3) is 0 Å². The van der Waals surface area contributed by atoms with E-state index in [4.69, 9.17) is 4.74 Å². The number of hydrogen-bond donors (Lipinski definition) is 1. The van der Waals surface area contributed by atoms with E-state index >= 15 is 0 Å². The van der Waals surface area contributed by atoms with E-state index in [2.05, 4.69) is 15.9 Å². The zero-order chi connectivity index (χ0) is 12.4. The fraction of sp³-hybridized carbons (Fsp3) is 0.500. The summed E-state index contributed by atoms with van der Waals surface area (Å²) >= 11 is 3.16. The van der Waals surface area contributed by atoms with Gasteiger partial charge in [-0.05, 0) is 29.0 Å². The zero-order valence-corrected chi connectivity index (χ0v) is 11.2. The van der Waals surface area contributed by atoms with E-state index in [0.717, 1.165) is 0 Å². The molecule has 2 atom stereocenters. The maximum Gasteiger partial charge on any atom is 0.141 e. The average Bonchev–Trinajstić information content (AvgIpc) is 2.71. The lowest BCUT2D eigenvalue weighted by Crippen LogP contribution is -2.40. The maximum atomic E-state index is 13.8. The topological polar surface area (TPSA) is 32.7 Å². The molecule has 0 unspecified atom stereocenters. The number of rotatable bonds is 3. The molecule has 0 aromatic heterocycles. The number of likely N-dealkylation sites (N-methyl/N-ethyl adjacent to an activating group) is 1. The Kier molecular flexibility index (Phi) is 4.14. The zero-order valence-electron chi connectivity index (χ0n) is 9.57. The third kappa shape index (κ3) is 2.85. The molecule has 2 rings (SSSR count). The molecule has 0 amide bonds. The molecule has 94 valence electrons. The van der Waals surface area contributed by atoms with E-state index in [0.29, 0.717) is 29.8 Å². The van der Waals surface area contributed by atoms with Crippen LogP contribution in [0.3, 0.4) is 0 Å². The van der Waals surface area contributed by atoms with Gasteiger partial charge in [-0.1, -0.05) is 12.1 Å². The first-order valence-electron chi connectivity index (χ1n) is 5.48. The molecule has 1 aliphatic heterocycles. The average molecular weight is 304 g/mol. The minimum atomic E-state index is -0.491. The Labute approximate surface area is 108 Å². The van der Waals surface area contributed by atoms with Gasteiger partial charge in [-0.25, -0.2) is 4.39 Å². The van der Waals surface area contributed by atoms with E-state index in [1.807, 2.05) is 11.9 Å². The first kappa shape index (κ1) is 13.0. The molecule has 1 heterocycles. The summed E-state index contributed by atoms with van der Waals surface area (Å²) in [6.07, 6.45) is -0.491. The highest BCUT2D eigenvalue weighted by molar-refractivity contribution is 9.10. The van der Waals surface area contributed by atoms with E-state index < -0.39 is 6.10 Å². The predicted molar refractivity (Wildman–Crippen MR) is 66.2 cm³/mol. The molecule has 0 bridgehead atoms. The van der Waals surface area contributed by atoms with Gasteiger partial charge in [-0.2, -0.15) is 0 Å². The van der Waals surface area contributed by atoms with Crippen LogP contribution < -0.4 is 0 Å². The Hall–Kier alpha value is -0.490. The standard InChI is InChI=1S/C12H15BrFNO2/c1-15(10-6-17-7-11(10)16)5-8-3-2-4-9(13)12(8)14/h2-4,10-11,16H,5-7H2,1H3/t10-,11-/m1/s1. The Morgan fingerprint density at radius 1 is 1.53 bits per heavy atom. The van der Waals surface area contributed by atoms with Crippen molar-refractivity contribution in [3.8, 4) is 0 Å². The van der Waals surface area contributed by atoms with Crippen molar-refractivity contribution in [2.75, 3.05) is 20.3 Å². The molecule has 1 aromatic carbocycles. The van der Waals surface area contributed by atoms with Gasteiger partial charge >= 0.3 is 0 Å². The Morgan fingerprint density at radius 2 is 2.29 bits per heavy atom. The molecule has 1 fully saturated rings. The fourth-order valence-corrected chi connectivity index (χ4v) is 2.42. The maximum absolute atomic E-state index is 13.8. The SMILES string of the molecule is CN(Cc1cccc(Br)c1F)[C@@H]1COC[C@H]1O. The number of benzene rings is 1. The van der Waals surface area contributed by atoms with Gasteiger partial charge in [0.15, 0.2) is 0 Å². The van der Waals surface area contributed by atoms with E-state index in [-0.39, 0.29) is 11.9 Å². The van der Waals surface area contributed by atoms with Crippen LogP contribution in [-0.2, 0) is 11.3 Å². The molecule has 3 nitrogen and oxygen atoms in total. The highest BCUT2D eigenvalue weighted by Gasteiger charge is 2.29. The van der Waals surface area contributed by atoms with Gasteiger partial charge < -0.3 is 9.84 Å². The number of aliphatic hydroxyl groups is 1. The third-order valence-electron chi connectivity index (χ3n) is 3.04. The van der Waals surface area contributed by atoms with Crippen molar-refractivity contribution in [1.29, 1.82) is 0 Å². The second kappa shape index (κ2) is 5.44. The van der Waals surface area contributed by atoms with Crippen LogP contribution in [0.1, 0.15) is 5.56 Å². The van der Waals surface area contributed by atoms with Gasteiger partial charge in [0, 0.05) is 12.1 Å². The third-order valence-corrected chi connectivity index (χ3v) is 3.65. The summed E-state index contributed by atoms with van der Waals surface area (Å²) in [5, 5.41) is 9.69. The van der Waals surface area contributed by atoms with Gasteiger partial charge in [-0.3, -0.25) is 4.90 Å². The van der Waals surface area contributed by atoms with Crippen LogP contribution in [0.2, 0.25) is 0 Å². The van der Waals surface area contributed by atoms with Crippen LogP contribution in [-0.4, -0.2) is 42.4 Å². The van der Waals surface area contributed by atoms with Gasteiger partial charge in [0.1, 0.15) is 5.82 Å². The molecule has 1 aliphatic rings. The van der Waals surface area contributed by atoms with Crippen molar-refractivity contribution < 1.29 is 14.2 Å². The quantitative estimate of drug-likeness (QED) is 0.924. The van der Waals surface area contributed by atoms with Crippen molar-refractivity contribution in [2.24, 2.45) is 0 Å². The van der Waals surface area contributed by atoms with Gasteiger partial charge in [0.05, 0.1) is 29.8 Å². The molecule has 0 spiro atoms. The molecular formula is C12H15BrFNO2. The predicted octanol–water partition coefficient (Wildman–Crippen LogP) is 1.78. The monoisotopic (exact) mass is 303 g/mol. The first-order valence-corrected chi connectivity index (χ1v) is 6.28. The summed E-state index contributed by atoms with van der Waals surface area (Å²) < 4.78 is 19.4. The Morgan fingerprint density at radius 3 is 2.94 bits per heavy atom. The normalized spacial score (nSPS) is 24.5. The van der Waals surface area contributed by atoms with Gasteiger partial charge in [-0.15, -0.1) is 0 Å². The van der Waals surface area contributed by atoms with Crippen molar-refractivity contribution in [3.05, 3.63) is 34.1 Å². The molecule has 0 aliphatic carbocycles. The van der Waals surface area contributed by atoms with Crippen LogP contribution in [0.15, 0.2) is 22.7 Å². The second-order valence-electron chi connectivity index (χ2n) is 4.30. The number of halogens is 2. The summed E-state index contributed by atoms with van der Waals surface area (Å²) in [6, 6.07) is 5.16. The molecule has 1 N–H and O–H groups in total. The highest BCUT2D eigenvalue weighted by Crippen LogP contribution is 2.21. The van der Waals surface area contributed by atoms with Crippen molar-refractivity contribution in [1.82, 2.24) is 4.90 Å². The highest BCUT2D eigenvalue weighted by atomic mass is 79.9. The lowest BCUT2D eigenvalue weighted by atomic mass is 10.1. The minimum absolute atomic E-state index is 0.0617. The van der Waals surface area contributed by atoms with Gasteiger partial charge in [0.25, 0.3) is 0 Å². The van der Waals surface area contributed by atoms with E-state index in [9.17, 15) is 9.50 Å². The molecule has 5 heteroatoms. The smallest absolute Gasteiger partial charge is 0.141 e. The lowest BCUT2D eigenvalue weighted by Gasteiger charge is -2.25. The van der Waals surface area contributed by atoms with Crippen LogP contribution in [0, 0.1) is 5.82 Å². The van der Waals surface area contributed by atoms with Crippen LogP contribution >= 0.6 is 15.9 Å². The number of nitrogens with zero attached hydrogens (tertiary/aromatic N) is 1. The van der Waals surface area contributed by atoms with Crippen LogP contribution in [0.5, 0.6) is 0 Å². The first-order chi connectivity index (χ1) is 8.09. The Bertz CT molecular complexity index is 402. The fourth-order valence-electron chi connectivity index (χ4n) is 2.01. The second-order valence-corrected chi connectivity index (χ2v) is 5.15. The summed E-state index contributed by atoms with van der Waals surface area (Å²) in [5.41, 5.74) is 0.612. The Balaban J connectivity index is 2.07. The molecule has 1 aromatic rings. The molecule has 1 saturated heterocycles. The van der Waals surface area contributed by atoms with E-state index in [1.54, 1.807) is 18.2 Å². The molecule has 0 saturated carbocycles. The molecule has 17 heavy (non-hydrogen) atoms. The van der Waals surface area contributed by atoms with Crippen molar-refractivity contribution in [3.63, 3.8) is 0 Å². The summed E-state index contributed by atoms with van der Waals surface area (Å²) in [7, 11) is 1.86. The largest absolute Gasteiger partial charge is 0.389 e. The number of aliphatic hydroxyl groups excluding tert-OH is 1.